The first-order valence-corrected chi connectivity index (χ1v) is 10.3. The second kappa shape index (κ2) is 8.15. The Kier molecular flexibility index (Phi) is 5.62. The summed E-state index contributed by atoms with van der Waals surface area (Å²) in [6.45, 7) is 0.588. The molecule has 1 saturated carbocycles. The number of carbonyl (C=O) groups excluding carboxylic acids is 2. The summed E-state index contributed by atoms with van der Waals surface area (Å²) in [5.74, 6) is -0.543. The first kappa shape index (κ1) is 19.3. The van der Waals surface area contributed by atoms with Gasteiger partial charge in [-0.2, -0.15) is 0 Å². The maximum Gasteiger partial charge on any atom is 0.245 e. The van der Waals surface area contributed by atoms with Gasteiger partial charge in [-0.3, -0.25) is 9.59 Å². The molecule has 7 heteroatoms. The normalized spacial score (nSPS) is 28.4. The number of hydrogen-bond donors (Lipinski definition) is 2. The molecule has 2 saturated heterocycles. The van der Waals surface area contributed by atoms with Gasteiger partial charge in [-0.25, -0.2) is 8.78 Å². The van der Waals surface area contributed by atoms with Crippen LogP contribution < -0.4 is 10.6 Å². The van der Waals surface area contributed by atoms with Crippen molar-refractivity contribution in [3.8, 4) is 0 Å². The van der Waals surface area contributed by atoms with Crippen LogP contribution in [0.15, 0.2) is 18.2 Å². The number of carbonyl (C=O) groups is 2. The smallest absolute Gasteiger partial charge is 0.245 e. The summed E-state index contributed by atoms with van der Waals surface area (Å²) in [5, 5.41) is 6.11. The summed E-state index contributed by atoms with van der Waals surface area (Å²) in [4.78, 5) is 27.1. The van der Waals surface area contributed by atoms with Gasteiger partial charge in [-0.05, 0) is 37.0 Å². The van der Waals surface area contributed by atoms with E-state index in [0.717, 1.165) is 31.4 Å². The third-order valence-electron chi connectivity index (χ3n) is 6.38. The number of piperazine rings is 1. The van der Waals surface area contributed by atoms with Gasteiger partial charge in [-0.1, -0.05) is 32.1 Å². The fourth-order valence-corrected chi connectivity index (χ4v) is 4.85. The van der Waals surface area contributed by atoms with E-state index in [1.54, 1.807) is 4.90 Å². The van der Waals surface area contributed by atoms with Crippen molar-refractivity contribution in [3.05, 3.63) is 35.4 Å². The van der Waals surface area contributed by atoms with Crippen LogP contribution in [0, 0.1) is 17.6 Å². The van der Waals surface area contributed by atoms with E-state index in [9.17, 15) is 18.4 Å². The van der Waals surface area contributed by atoms with Gasteiger partial charge >= 0.3 is 0 Å². The van der Waals surface area contributed by atoms with Crippen LogP contribution in [-0.4, -0.2) is 41.4 Å². The first-order chi connectivity index (χ1) is 13.5. The topological polar surface area (TPSA) is 61.4 Å². The highest BCUT2D eigenvalue weighted by atomic mass is 19.1. The standard InChI is InChI=1S/C21H27F2N3O2/c22-15-6-7-17(23)14(9-15)11-24-16-10-19-20(27)25-18(21(28)26(19)12-16)8-13-4-2-1-3-5-13/h6-7,9,13,16,18-19,24H,1-5,8,10-12H2,(H,25,27)/t16-,18-,19-/m0/s1. The van der Waals surface area contributed by atoms with E-state index in [0.29, 0.717) is 18.9 Å². The lowest BCUT2D eigenvalue weighted by Gasteiger charge is -2.36. The second-order valence-corrected chi connectivity index (χ2v) is 8.36. The van der Waals surface area contributed by atoms with Crippen LogP contribution in [-0.2, 0) is 16.1 Å². The molecule has 3 atom stereocenters. The van der Waals surface area contributed by atoms with Crippen molar-refractivity contribution in [1.29, 1.82) is 0 Å². The Labute approximate surface area is 163 Å². The maximum atomic E-state index is 13.8. The Bertz CT molecular complexity index is 751. The molecule has 0 radical (unpaired) electrons. The van der Waals surface area contributed by atoms with Crippen LogP contribution in [0.4, 0.5) is 8.78 Å². The summed E-state index contributed by atoms with van der Waals surface area (Å²) >= 11 is 0. The number of nitrogens with zero attached hydrogens (tertiary/aromatic N) is 1. The molecule has 3 aliphatic rings. The van der Waals surface area contributed by atoms with Gasteiger partial charge in [0.15, 0.2) is 0 Å². The van der Waals surface area contributed by atoms with E-state index in [2.05, 4.69) is 10.6 Å². The Morgan fingerprint density at radius 3 is 2.71 bits per heavy atom. The van der Waals surface area contributed by atoms with Gasteiger partial charge in [0.05, 0.1) is 0 Å². The van der Waals surface area contributed by atoms with Crippen LogP contribution in [0.2, 0.25) is 0 Å². The van der Waals surface area contributed by atoms with Crippen LogP contribution >= 0.6 is 0 Å². The van der Waals surface area contributed by atoms with Gasteiger partial charge in [-0.15, -0.1) is 0 Å². The molecule has 1 aromatic rings. The van der Waals surface area contributed by atoms with Gasteiger partial charge in [0.1, 0.15) is 23.7 Å². The molecular formula is C21H27F2N3O2. The molecule has 3 fully saturated rings. The number of hydrogen-bond acceptors (Lipinski definition) is 3. The molecule has 5 nitrogen and oxygen atoms in total. The zero-order valence-electron chi connectivity index (χ0n) is 15.9. The molecule has 2 aliphatic heterocycles. The lowest BCUT2D eigenvalue weighted by atomic mass is 9.84. The molecular weight excluding hydrogens is 364 g/mol. The average molecular weight is 391 g/mol. The highest BCUT2D eigenvalue weighted by Gasteiger charge is 2.46. The summed E-state index contributed by atoms with van der Waals surface area (Å²) in [6.07, 6.45) is 7.14. The van der Waals surface area contributed by atoms with Crippen molar-refractivity contribution in [2.45, 2.75) is 69.6 Å². The Hall–Kier alpha value is -2.02. The predicted molar refractivity (Wildman–Crippen MR) is 100 cm³/mol. The fourth-order valence-electron chi connectivity index (χ4n) is 4.85. The molecule has 1 aliphatic carbocycles. The molecule has 28 heavy (non-hydrogen) atoms. The number of nitrogens with one attached hydrogen (secondary N) is 2. The predicted octanol–water partition coefficient (Wildman–Crippen LogP) is 2.49. The van der Waals surface area contributed by atoms with Crippen LogP contribution in [0.5, 0.6) is 0 Å². The molecule has 0 spiro atoms. The third kappa shape index (κ3) is 4.04. The van der Waals surface area contributed by atoms with Gasteiger partial charge < -0.3 is 15.5 Å². The van der Waals surface area contributed by atoms with Crippen LogP contribution in [0.3, 0.4) is 0 Å². The van der Waals surface area contributed by atoms with Crippen molar-refractivity contribution in [1.82, 2.24) is 15.5 Å². The Morgan fingerprint density at radius 2 is 1.93 bits per heavy atom. The minimum absolute atomic E-state index is 0.00332. The van der Waals surface area contributed by atoms with Crippen LogP contribution in [0.1, 0.15) is 50.5 Å². The third-order valence-corrected chi connectivity index (χ3v) is 6.38. The number of amides is 2. The zero-order chi connectivity index (χ0) is 19.7. The van der Waals surface area contributed by atoms with Gasteiger partial charge in [0, 0.05) is 24.7 Å². The largest absolute Gasteiger partial charge is 0.342 e. The lowest BCUT2D eigenvalue weighted by molar-refractivity contribution is -0.147. The van der Waals surface area contributed by atoms with E-state index < -0.39 is 23.7 Å². The van der Waals surface area contributed by atoms with E-state index in [-0.39, 0.29) is 30.0 Å². The SMILES string of the molecule is O=C1N[C@@H](CC2CCCCC2)C(=O)N2C[C@@H](NCc3cc(F)ccc3F)C[C@@H]12. The minimum atomic E-state index is -0.484. The molecule has 0 aromatic heterocycles. The number of halogens is 2. The lowest BCUT2D eigenvalue weighted by Crippen LogP contribution is -2.61. The van der Waals surface area contributed by atoms with Crippen molar-refractivity contribution in [2.24, 2.45) is 5.92 Å². The molecule has 0 unspecified atom stereocenters. The molecule has 152 valence electrons. The van der Waals surface area contributed by atoms with Crippen molar-refractivity contribution in [3.63, 3.8) is 0 Å². The molecule has 2 amide bonds. The van der Waals surface area contributed by atoms with Crippen molar-refractivity contribution in [2.75, 3.05) is 6.54 Å². The summed E-state index contributed by atoms with van der Waals surface area (Å²) in [7, 11) is 0. The molecule has 4 rings (SSSR count). The first-order valence-electron chi connectivity index (χ1n) is 10.3. The number of rotatable bonds is 5. The summed E-state index contributed by atoms with van der Waals surface area (Å²) in [5.41, 5.74) is 0.246. The molecule has 2 N–H and O–H groups in total. The monoisotopic (exact) mass is 391 g/mol. The summed E-state index contributed by atoms with van der Waals surface area (Å²) in [6, 6.07) is 2.36. The molecule has 1 aromatic carbocycles. The zero-order valence-corrected chi connectivity index (χ0v) is 15.9. The van der Waals surface area contributed by atoms with Crippen molar-refractivity contribution < 1.29 is 18.4 Å². The maximum absolute atomic E-state index is 13.8. The number of fused-ring (bicyclic) bond motifs is 1. The van der Waals surface area contributed by atoms with E-state index in [4.69, 9.17) is 0 Å². The van der Waals surface area contributed by atoms with Crippen molar-refractivity contribution >= 4 is 11.8 Å². The number of benzene rings is 1. The van der Waals surface area contributed by atoms with Crippen LogP contribution in [0.25, 0.3) is 0 Å². The quantitative estimate of drug-likeness (QED) is 0.811. The highest BCUT2D eigenvalue weighted by molar-refractivity contribution is 5.97. The molecule has 2 heterocycles. The summed E-state index contributed by atoms with van der Waals surface area (Å²) < 4.78 is 27.1. The average Bonchev–Trinajstić information content (AvgIpc) is 3.13. The Morgan fingerprint density at radius 1 is 1.14 bits per heavy atom. The second-order valence-electron chi connectivity index (χ2n) is 8.36. The van der Waals surface area contributed by atoms with Gasteiger partial charge in [0.25, 0.3) is 0 Å². The van der Waals surface area contributed by atoms with Gasteiger partial charge in [0.2, 0.25) is 11.8 Å². The van der Waals surface area contributed by atoms with E-state index >= 15 is 0 Å². The minimum Gasteiger partial charge on any atom is -0.342 e. The fraction of sp³-hybridized carbons (Fsp3) is 0.619. The highest BCUT2D eigenvalue weighted by Crippen LogP contribution is 2.30. The molecule has 0 bridgehead atoms. The van der Waals surface area contributed by atoms with E-state index in [1.165, 1.54) is 25.3 Å². The van der Waals surface area contributed by atoms with E-state index in [1.807, 2.05) is 0 Å². The Balaban J connectivity index is 1.36.